The number of hydrogen-bond donors (Lipinski definition) is 1. The fraction of sp³-hybridized carbons (Fsp3) is 0.571. The van der Waals surface area contributed by atoms with E-state index in [4.69, 9.17) is 5.11 Å². The van der Waals surface area contributed by atoms with Crippen LogP contribution in [0.25, 0.3) is 0 Å². The molecule has 0 aromatic carbocycles. The molecule has 0 aliphatic rings. The number of hydrogen-bond acceptors (Lipinski definition) is 2. The number of thioether (sulfide) groups is 1. The van der Waals surface area contributed by atoms with Gasteiger partial charge < -0.3 is 10.0 Å². The standard InChI is InChI=1S/C7H13NO2S/c1-3-5-11-6-4-8(2)7(9)10/h3H,1,4-6H2,2H3,(H,9,10). The molecule has 0 unspecified atom stereocenters. The average molecular weight is 175 g/mol. The SMILES string of the molecule is C=CCSCCN(C)C(=O)O. The Balaban J connectivity index is 3.24. The summed E-state index contributed by atoms with van der Waals surface area (Å²) in [6.07, 6.45) is 0.940. The van der Waals surface area contributed by atoms with E-state index in [1.807, 2.05) is 6.08 Å². The van der Waals surface area contributed by atoms with Gasteiger partial charge in [-0.3, -0.25) is 0 Å². The lowest BCUT2D eigenvalue weighted by atomic mass is 10.7. The summed E-state index contributed by atoms with van der Waals surface area (Å²) in [4.78, 5) is 11.5. The first-order valence-electron chi connectivity index (χ1n) is 3.31. The van der Waals surface area contributed by atoms with E-state index in [-0.39, 0.29) is 0 Å². The molecule has 64 valence electrons. The van der Waals surface area contributed by atoms with Gasteiger partial charge in [0.1, 0.15) is 0 Å². The molecule has 0 spiro atoms. The predicted octanol–water partition coefficient (Wildman–Crippen LogP) is 1.52. The molecular formula is C7H13NO2S. The molecule has 0 fully saturated rings. The molecule has 0 aliphatic carbocycles. The fourth-order valence-electron chi connectivity index (χ4n) is 0.464. The fourth-order valence-corrected chi connectivity index (χ4v) is 1.20. The minimum Gasteiger partial charge on any atom is -0.465 e. The van der Waals surface area contributed by atoms with Crippen LogP contribution in [0.3, 0.4) is 0 Å². The molecule has 0 saturated heterocycles. The number of nitrogens with zero attached hydrogens (tertiary/aromatic N) is 1. The molecule has 11 heavy (non-hydrogen) atoms. The average Bonchev–Trinajstić information content (AvgIpc) is 1.97. The molecule has 0 aromatic heterocycles. The lowest BCUT2D eigenvalue weighted by molar-refractivity contribution is 0.158. The third-order valence-corrected chi connectivity index (χ3v) is 2.08. The van der Waals surface area contributed by atoms with Crippen molar-refractivity contribution in [1.82, 2.24) is 4.90 Å². The summed E-state index contributed by atoms with van der Waals surface area (Å²) in [6, 6.07) is 0. The summed E-state index contributed by atoms with van der Waals surface area (Å²) in [5, 5.41) is 8.44. The van der Waals surface area contributed by atoms with Gasteiger partial charge in [-0.25, -0.2) is 4.79 Å². The van der Waals surface area contributed by atoms with Gasteiger partial charge in [-0.2, -0.15) is 11.8 Å². The lowest BCUT2D eigenvalue weighted by Gasteiger charge is -2.11. The Morgan fingerprint density at radius 2 is 2.45 bits per heavy atom. The van der Waals surface area contributed by atoms with Gasteiger partial charge in [0.2, 0.25) is 0 Å². The van der Waals surface area contributed by atoms with E-state index < -0.39 is 6.09 Å². The summed E-state index contributed by atoms with van der Waals surface area (Å²) in [5.41, 5.74) is 0. The molecule has 0 bridgehead atoms. The van der Waals surface area contributed by atoms with Crippen molar-refractivity contribution in [1.29, 1.82) is 0 Å². The summed E-state index contributed by atoms with van der Waals surface area (Å²) in [6.45, 7) is 4.14. The molecule has 4 heteroatoms. The second-order valence-electron chi connectivity index (χ2n) is 2.07. The van der Waals surface area contributed by atoms with Crippen LogP contribution in [0.15, 0.2) is 12.7 Å². The summed E-state index contributed by atoms with van der Waals surface area (Å²) < 4.78 is 0. The van der Waals surface area contributed by atoms with Gasteiger partial charge in [0.05, 0.1) is 0 Å². The van der Waals surface area contributed by atoms with Crippen molar-refractivity contribution in [3.8, 4) is 0 Å². The van der Waals surface area contributed by atoms with Crippen LogP contribution in [0.2, 0.25) is 0 Å². The Morgan fingerprint density at radius 1 is 1.82 bits per heavy atom. The van der Waals surface area contributed by atoms with Crippen molar-refractivity contribution in [2.24, 2.45) is 0 Å². The zero-order chi connectivity index (χ0) is 8.69. The third-order valence-electron chi connectivity index (χ3n) is 1.13. The van der Waals surface area contributed by atoms with Crippen LogP contribution in [0.5, 0.6) is 0 Å². The van der Waals surface area contributed by atoms with Crippen molar-refractivity contribution in [3.63, 3.8) is 0 Å². The van der Waals surface area contributed by atoms with Gasteiger partial charge in [0, 0.05) is 25.1 Å². The topological polar surface area (TPSA) is 40.5 Å². The smallest absolute Gasteiger partial charge is 0.407 e. The number of carbonyl (C=O) groups is 1. The highest BCUT2D eigenvalue weighted by molar-refractivity contribution is 7.99. The monoisotopic (exact) mass is 175 g/mol. The van der Waals surface area contributed by atoms with Crippen LogP contribution < -0.4 is 0 Å². The number of carboxylic acid groups (broad SMARTS) is 1. The highest BCUT2D eigenvalue weighted by Crippen LogP contribution is 1.99. The number of rotatable bonds is 5. The zero-order valence-corrected chi connectivity index (χ0v) is 7.43. The number of amides is 1. The Hall–Kier alpha value is -0.640. The maximum Gasteiger partial charge on any atom is 0.407 e. The molecule has 0 atom stereocenters. The second kappa shape index (κ2) is 6.09. The van der Waals surface area contributed by atoms with Gasteiger partial charge in [-0.05, 0) is 0 Å². The minimum absolute atomic E-state index is 0.577. The van der Waals surface area contributed by atoms with Gasteiger partial charge in [0.25, 0.3) is 0 Å². The quantitative estimate of drug-likeness (QED) is 0.508. The van der Waals surface area contributed by atoms with Crippen LogP contribution in [0.1, 0.15) is 0 Å². The predicted molar refractivity (Wildman–Crippen MR) is 48.2 cm³/mol. The van der Waals surface area contributed by atoms with Crippen LogP contribution in [-0.2, 0) is 0 Å². The van der Waals surface area contributed by atoms with Crippen LogP contribution in [0.4, 0.5) is 4.79 Å². The summed E-state index contributed by atoms with van der Waals surface area (Å²) in [5.74, 6) is 1.71. The van der Waals surface area contributed by atoms with E-state index in [1.165, 1.54) is 4.90 Å². The minimum atomic E-state index is -0.871. The van der Waals surface area contributed by atoms with E-state index in [1.54, 1.807) is 18.8 Å². The Kier molecular flexibility index (Phi) is 5.74. The van der Waals surface area contributed by atoms with Gasteiger partial charge in [-0.15, -0.1) is 6.58 Å². The molecule has 0 aliphatic heterocycles. The van der Waals surface area contributed by atoms with Crippen molar-refractivity contribution >= 4 is 17.9 Å². The molecule has 0 saturated carbocycles. The first-order chi connectivity index (χ1) is 5.18. The summed E-state index contributed by atoms with van der Waals surface area (Å²) in [7, 11) is 1.57. The van der Waals surface area contributed by atoms with Gasteiger partial charge in [0.15, 0.2) is 0 Å². The Bertz CT molecular complexity index is 138. The molecular weight excluding hydrogens is 162 g/mol. The van der Waals surface area contributed by atoms with Crippen LogP contribution >= 0.6 is 11.8 Å². The second-order valence-corrected chi connectivity index (χ2v) is 3.22. The largest absolute Gasteiger partial charge is 0.465 e. The van der Waals surface area contributed by atoms with Crippen LogP contribution in [-0.4, -0.2) is 41.2 Å². The summed E-state index contributed by atoms with van der Waals surface area (Å²) >= 11 is 1.68. The van der Waals surface area contributed by atoms with Crippen molar-refractivity contribution in [3.05, 3.63) is 12.7 Å². The molecule has 1 amide bonds. The van der Waals surface area contributed by atoms with Crippen LogP contribution in [0, 0.1) is 0 Å². The maximum atomic E-state index is 10.3. The molecule has 3 nitrogen and oxygen atoms in total. The van der Waals surface area contributed by atoms with Gasteiger partial charge in [-0.1, -0.05) is 6.08 Å². The highest BCUT2D eigenvalue weighted by atomic mass is 32.2. The Morgan fingerprint density at radius 3 is 2.91 bits per heavy atom. The first-order valence-corrected chi connectivity index (χ1v) is 4.46. The molecule has 0 heterocycles. The molecule has 0 rings (SSSR count). The molecule has 1 N–H and O–H groups in total. The van der Waals surface area contributed by atoms with Crippen molar-refractivity contribution in [2.45, 2.75) is 0 Å². The molecule has 0 radical (unpaired) electrons. The third kappa shape index (κ3) is 5.79. The highest BCUT2D eigenvalue weighted by Gasteiger charge is 2.02. The maximum absolute atomic E-state index is 10.3. The van der Waals surface area contributed by atoms with Gasteiger partial charge >= 0.3 is 6.09 Å². The first kappa shape index (κ1) is 10.4. The van der Waals surface area contributed by atoms with E-state index in [0.29, 0.717) is 6.54 Å². The lowest BCUT2D eigenvalue weighted by Crippen LogP contribution is -2.26. The van der Waals surface area contributed by atoms with E-state index in [9.17, 15) is 4.79 Å². The van der Waals surface area contributed by atoms with Crippen molar-refractivity contribution < 1.29 is 9.90 Å². The normalized spacial score (nSPS) is 9.18. The zero-order valence-electron chi connectivity index (χ0n) is 6.62. The van der Waals surface area contributed by atoms with E-state index in [0.717, 1.165) is 11.5 Å². The molecule has 0 aromatic rings. The van der Waals surface area contributed by atoms with Crippen molar-refractivity contribution in [2.75, 3.05) is 25.1 Å². The van der Waals surface area contributed by atoms with E-state index >= 15 is 0 Å². The Labute approximate surface area is 71.1 Å². The van der Waals surface area contributed by atoms with E-state index in [2.05, 4.69) is 6.58 Å².